The zero-order valence-corrected chi connectivity index (χ0v) is 7.30. The van der Waals surface area contributed by atoms with Crippen molar-refractivity contribution in [3.8, 4) is 0 Å². The molecule has 1 aromatic heterocycles. The van der Waals surface area contributed by atoms with Gasteiger partial charge in [0.1, 0.15) is 0 Å². The molecule has 0 aromatic carbocycles. The highest BCUT2D eigenvalue weighted by atomic mass is 15.3. The first kappa shape index (κ1) is 8.27. The monoisotopic (exact) mass is 154 g/mol. The van der Waals surface area contributed by atoms with E-state index in [9.17, 15) is 0 Å². The minimum Gasteiger partial charge on any atom is -0.358 e. The van der Waals surface area contributed by atoms with Gasteiger partial charge in [0.15, 0.2) is 0 Å². The predicted octanol–water partition coefficient (Wildman–Crippen LogP) is 0.132. The lowest BCUT2D eigenvalue weighted by Crippen LogP contribution is -2.50. The van der Waals surface area contributed by atoms with Crippen molar-refractivity contribution in [1.29, 1.82) is 0 Å². The van der Waals surface area contributed by atoms with Gasteiger partial charge < -0.3 is 5.73 Å². The summed E-state index contributed by atoms with van der Waals surface area (Å²) < 4.78 is 2.04. The first-order valence-corrected chi connectivity index (χ1v) is 4.04. The fourth-order valence-corrected chi connectivity index (χ4v) is 1.16. The SMILES string of the molecule is Cc1cc(C)n(CCC[NH3+])n1. The molecule has 0 atom stereocenters. The lowest BCUT2D eigenvalue weighted by molar-refractivity contribution is -0.368. The van der Waals surface area contributed by atoms with Crippen LogP contribution >= 0.6 is 0 Å². The Morgan fingerprint density at radius 1 is 1.55 bits per heavy atom. The van der Waals surface area contributed by atoms with Crippen LogP contribution in [0, 0.1) is 13.8 Å². The molecule has 0 amide bonds. The van der Waals surface area contributed by atoms with Crippen molar-refractivity contribution < 1.29 is 5.73 Å². The molecule has 3 heteroatoms. The van der Waals surface area contributed by atoms with Crippen molar-refractivity contribution in [3.63, 3.8) is 0 Å². The molecule has 0 fully saturated rings. The van der Waals surface area contributed by atoms with E-state index in [1.807, 2.05) is 11.6 Å². The summed E-state index contributed by atoms with van der Waals surface area (Å²) in [5.41, 5.74) is 6.15. The lowest BCUT2D eigenvalue weighted by atomic mass is 10.4. The zero-order valence-electron chi connectivity index (χ0n) is 7.30. The highest BCUT2D eigenvalue weighted by molar-refractivity contribution is 5.06. The maximum absolute atomic E-state index is 4.34. The van der Waals surface area contributed by atoms with E-state index in [1.165, 1.54) is 5.69 Å². The van der Waals surface area contributed by atoms with Gasteiger partial charge in [-0.1, -0.05) is 0 Å². The number of hydrogen-bond donors (Lipinski definition) is 1. The van der Waals surface area contributed by atoms with Crippen LogP contribution in [0.5, 0.6) is 0 Å². The Hall–Kier alpha value is -0.830. The van der Waals surface area contributed by atoms with E-state index in [0.29, 0.717) is 0 Å². The minimum absolute atomic E-state index is 0.984. The largest absolute Gasteiger partial charge is 0.358 e. The molecule has 0 aliphatic rings. The number of hydrogen-bond acceptors (Lipinski definition) is 1. The Bertz CT molecular complexity index is 227. The highest BCUT2D eigenvalue weighted by Gasteiger charge is 1.98. The van der Waals surface area contributed by atoms with Crippen LogP contribution in [-0.4, -0.2) is 16.3 Å². The molecular formula is C8H16N3+. The Morgan fingerprint density at radius 2 is 2.27 bits per heavy atom. The molecular weight excluding hydrogens is 138 g/mol. The van der Waals surface area contributed by atoms with E-state index in [2.05, 4.69) is 23.8 Å². The molecule has 0 saturated heterocycles. The third-order valence-electron chi connectivity index (χ3n) is 1.72. The van der Waals surface area contributed by atoms with E-state index in [1.54, 1.807) is 0 Å². The molecule has 11 heavy (non-hydrogen) atoms. The second-order valence-corrected chi connectivity index (χ2v) is 2.86. The summed E-state index contributed by atoms with van der Waals surface area (Å²) in [4.78, 5) is 0. The third kappa shape index (κ3) is 2.05. The molecule has 0 unspecified atom stereocenters. The third-order valence-corrected chi connectivity index (χ3v) is 1.72. The topological polar surface area (TPSA) is 45.5 Å². The van der Waals surface area contributed by atoms with Crippen LogP contribution < -0.4 is 5.73 Å². The summed E-state index contributed by atoms with van der Waals surface area (Å²) in [5, 5.41) is 4.34. The first-order chi connectivity index (χ1) is 5.24. The molecule has 1 rings (SSSR count). The number of nitrogens with zero attached hydrogens (tertiary/aromatic N) is 2. The van der Waals surface area contributed by atoms with Crippen LogP contribution in [0.2, 0.25) is 0 Å². The Balaban J connectivity index is 2.62. The molecule has 3 nitrogen and oxygen atoms in total. The van der Waals surface area contributed by atoms with Crippen LogP contribution in [0.1, 0.15) is 17.8 Å². The normalized spacial score (nSPS) is 10.5. The first-order valence-electron chi connectivity index (χ1n) is 4.04. The molecule has 0 saturated carbocycles. The van der Waals surface area contributed by atoms with Gasteiger partial charge in [-0.25, -0.2) is 0 Å². The predicted molar refractivity (Wildman–Crippen MR) is 44.1 cm³/mol. The molecule has 0 aliphatic carbocycles. The fourth-order valence-electron chi connectivity index (χ4n) is 1.16. The van der Waals surface area contributed by atoms with E-state index in [-0.39, 0.29) is 0 Å². The molecule has 1 aromatic rings. The molecule has 1 heterocycles. The van der Waals surface area contributed by atoms with E-state index in [0.717, 1.165) is 25.2 Å². The van der Waals surface area contributed by atoms with Gasteiger partial charge in [0.2, 0.25) is 0 Å². The van der Waals surface area contributed by atoms with E-state index in [4.69, 9.17) is 0 Å². The second kappa shape index (κ2) is 3.53. The summed E-state index contributed by atoms with van der Waals surface area (Å²) in [6.45, 7) is 6.10. The quantitative estimate of drug-likeness (QED) is 0.661. The van der Waals surface area contributed by atoms with Crippen LogP contribution in [0.3, 0.4) is 0 Å². The van der Waals surface area contributed by atoms with Gasteiger partial charge in [-0.3, -0.25) is 4.68 Å². The molecule has 0 radical (unpaired) electrons. The number of rotatable bonds is 3. The van der Waals surface area contributed by atoms with Crippen LogP contribution in [0.15, 0.2) is 6.07 Å². The van der Waals surface area contributed by atoms with Crippen molar-refractivity contribution in [2.45, 2.75) is 26.8 Å². The molecule has 0 spiro atoms. The Labute approximate surface area is 67.2 Å². The maximum Gasteiger partial charge on any atom is 0.0757 e. The molecule has 0 bridgehead atoms. The van der Waals surface area contributed by atoms with Gasteiger partial charge in [-0.05, 0) is 19.9 Å². The zero-order chi connectivity index (χ0) is 8.27. The van der Waals surface area contributed by atoms with Crippen LogP contribution in [-0.2, 0) is 6.54 Å². The van der Waals surface area contributed by atoms with Gasteiger partial charge >= 0.3 is 0 Å². The van der Waals surface area contributed by atoms with Crippen molar-refractivity contribution in [2.75, 3.05) is 6.54 Å². The average Bonchev–Trinajstić information content (AvgIpc) is 2.26. The van der Waals surface area contributed by atoms with Crippen molar-refractivity contribution in [1.82, 2.24) is 9.78 Å². The molecule has 3 N–H and O–H groups in total. The number of aromatic nitrogens is 2. The lowest BCUT2D eigenvalue weighted by Gasteiger charge is -2.00. The smallest absolute Gasteiger partial charge is 0.0757 e. The second-order valence-electron chi connectivity index (χ2n) is 2.86. The van der Waals surface area contributed by atoms with E-state index < -0.39 is 0 Å². The van der Waals surface area contributed by atoms with Gasteiger partial charge in [0.25, 0.3) is 0 Å². The average molecular weight is 154 g/mol. The van der Waals surface area contributed by atoms with Crippen LogP contribution in [0.4, 0.5) is 0 Å². The van der Waals surface area contributed by atoms with E-state index >= 15 is 0 Å². The standard InChI is InChI=1S/C8H15N3/c1-7-6-8(2)11(10-7)5-3-4-9/h6H,3-5,9H2,1-2H3/p+1. The van der Waals surface area contributed by atoms with Gasteiger partial charge in [0, 0.05) is 18.7 Å². The fraction of sp³-hybridized carbons (Fsp3) is 0.625. The summed E-state index contributed by atoms with van der Waals surface area (Å²) in [6.07, 6.45) is 1.11. The Morgan fingerprint density at radius 3 is 2.73 bits per heavy atom. The van der Waals surface area contributed by atoms with Crippen molar-refractivity contribution >= 4 is 0 Å². The summed E-state index contributed by atoms with van der Waals surface area (Å²) in [6, 6.07) is 2.10. The Kier molecular flexibility index (Phi) is 2.65. The molecule has 62 valence electrons. The summed E-state index contributed by atoms with van der Waals surface area (Å²) in [5.74, 6) is 0. The van der Waals surface area contributed by atoms with Gasteiger partial charge in [-0.15, -0.1) is 0 Å². The van der Waals surface area contributed by atoms with Crippen LogP contribution in [0.25, 0.3) is 0 Å². The van der Waals surface area contributed by atoms with Gasteiger partial charge in [0.05, 0.1) is 12.2 Å². The van der Waals surface area contributed by atoms with Crippen molar-refractivity contribution in [3.05, 3.63) is 17.5 Å². The van der Waals surface area contributed by atoms with Crippen molar-refractivity contribution in [2.24, 2.45) is 0 Å². The number of aryl methyl sites for hydroxylation is 3. The summed E-state index contributed by atoms with van der Waals surface area (Å²) >= 11 is 0. The van der Waals surface area contributed by atoms with Gasteiger partial charge in [-0.2, -0.15) is 5.10 Å². The highest BCUT2D eigenvalue weighted by Crippen LogP contribution is 2.01. The minimum atomic E-state index is 0.984. The summed E-state index contributed by atoms with van der Waals surface area (Å²) in [7, 11) is 0. The number of quaternary nitrogens is 1. The molecule has 0 aliphatic heterocycles. The maximum atomic E-state index is 4.34.